The number of carbonyl (C=O) groups excluding carboxylic acids is 2. The van der Waals surface area contributed by atoms with Crippen LogP contribution >= 0.6 is 0 Å². The van der Waals surface area contributed by atoms with Crippen molar-refractivity contribution in [3.63, 3.8) is 0 Å². The molecule has 0 spiro atoms. The third kappa shape index (κ3) is 6.87. The third-order valence-corrected chi connectivity index (χ3v) is 1.48. The van der Waals surface area contributed by atoms with Gasteiger partial charge in [-0.05, 0) is 26.2 Å². The van der Waals surface area contributed by atoms with Crippen molar-refractivity contribution in [2.45, 2.75) is 32.2 Å². The van der Waals surface area contributed by atoms with E-state index in [0.717, 1.165) is 19.3 Å². The molecular formula is C8H12N2O2. The normalized spacial score (nSPS) is 11.1. The maximum absolute atomic E-state index is 9.79. The molecule has 0 saturated carbocycles. The highest BCUT2D eigenvalue weighted by Gasteiger charge is 1.97. The van der Waals surface area contributed by atoms with Crippen molar-refractivity contribution < 1.29 is 9.59 Å². The Bertz CT molecular complexity index is 203. The van der Waals surface area contributed by atoms with E-state index in [1.165, 1.54) is 12.2 Å². The number of unbranched alkanes of at least 4 members (excludes halogenated alkanes) is 1. The van der Waals surface area contributed by atoms with Crippen LogP contribution in [-0.2, 0) is 9.59 Å². The Morgan fingerprint density at radius 2 is 2.00 bits per heavy atom. The first-order chi connectivity index (χ1) is 5.81. The average Bonchev–Trinajstić information content (AvgIpc) is 2.05. The SMILES string of the molecule is CC(CCCCN=C=O)N=C=O. The summed E-state index contributed by atoms with van der Waals surface area (Å²) < 4.78 is 0. The van der Waals surface area contributed by atoms with Gasteiger partial charge in [-0.15, -0.1) is 0 Å². The predicted octanol–water partition coefficient (Wildman–Crippen LogP) is 1.22. The summed E-state index contributed by atoms with van der Waals surface area (Å²) in [6.07, 6.45) is 5.57. The summed E-state index contributed by atoms with van der Waals surface area (Å²) in [4.78, 5) is 26.4. The van der Waals surface area contributed by atoms with Crippen LogP contribution in [0.4, 0.5) is 0 Å². The lowest BCUT2D eigenvalue weighted by Gasteiger charge is -2.00. The minimum absolute atomic E-state index is 0.0303. The van der Waals surface area contributed by atoms with E-state index in [9.17, 15) is 9.59 Å². The molecule has 4 nitrogen and oxygen atoms in total. The number of rotatable bonds is 6. The highest BCUT2D eigenvalue weighted by atomic mass is 16.1. The molecule has 0 saturated heterocycles. The topological polar surface area (TPSA) is 58.9 Å². The summed E-state index contributed by atoms with van der Waals surface area (Å²) in [7, 11) is 0. The number of isocyanates is 2. The van der Waals surface area contributed by atoms with Gasteiger partial charge in [-0.3, -0.25) is 0 Å². The van der Waals surface area contributed by atoms with Crippen molar-refractivity contribution in [1.29, 1.82) is 0 Å². The second-order valence-electron chi connectivity index (χ2n) is 2.54. The molecule has 0 aromatic rings. The van der Waals surface area contributed by atoms with Gasteiger partial charge in [0.1, 0.15) is 0 Å². The Labute approximate surface area is 71.4 Å². The Morgan fingerprint density at radius 1 is 1.25 bits per heavy atom. The summed E-state index contributed by atoms with van der Waals surface area (Å²) >= 11 is 0. The van der Waals surface area contributed by atoms with E-state index in [2.05, 4.69) is 9.98 Å². The molecule has 0 fully saturated rings. The Hall–Kier alpha value is -1.24. The van der Waals surface area contributed by atoms with Gasteiger partial charge in [0.05, 0.1) is 12.6 Å². The van der Waals surface area contributed by atoms with Gasteiger partial charge in [-0.25, -0.2) is 19.6 Å². The zero-order chi connectivity index (χ0) is 9.23. The minimum atomic E-state index is 0.0303. The van der Waals surface area contributed by atoms with Gasteiger partial charge in [-0.2, -0.15) is 0 Å². The predicted molar refractivity (Wildman–Crippen MR) is 44.4 cm³/mol. The monoisotopic (exact) mass is 168 g/mol. The molecule has 0 aromatic carbocycles. The van der Waals surface area contributed by atoms with Gasteiger partial charge >= 0.3 is 0 Å². The smallest absolute Gasteiger partial charge is 0.211 e. The van der Waals surface area contributed by atoms with Crippen LogP contribution in [0.2, 0.25) is 0 Å². The molecular weight excluding hydrogens is 156 g/mol. The Balaban J connectivity index is 3.30. The van der Waals surface area contributed by atoms with Gasteiger partial charge in [0.25, 0.3) is 0 Å². The molecule has 66 valence electrons. The van der Waals surface area contributed by atoms with Gasteiger partial charge in [0, 0.05) is 0 Å². The van der Waals surface area contributed by atoms with Gasteiger partial charge in [0.2, 0.25) is 12.2 Å². The number of aliphatic imine (C=N–C) groups is 2. The molecule has 0 aliphatic carbocycles. The van der Waals surface area contributed by atoms with E-state index in [1.54, 1.807) is 0 Å². The van der Waals surface area contributed by atoms with Crippen LogP contribution in [0.15, 0.2) is 9.98 Å². The number of hydrogen-bond acceptors (Lipinski definition) is 4. The molecule has 0 radical (unpaired) electrons. The van der Waals surface area contributed by atoms with Crippen molar-refractivity contribution >= 4 is 12.2 Å². The van der Waals surface area contributed by atoms with Crippen LogP contribution in [0.3, 0.4) is 0 Å². The van der Waals surface area contributed by atoms with Crippen LogP contribution in [0.25, 0.3) is 0 Å². The van der Waals surface area contributed by atoms with E-state index in [-0.39, 0.29) is 6.04 Å². The molecule has 0 bridgehead atoms. The van der Waals surface area contributed by atoms with E-state index in [0.29, 0.717) is 6.54 Å². The van der Waals surface area contributed by atoms with Crippen molar-refractivity contribution in [2.24, 2.45) is 9.98 Å². The highest BCUT2D eigenvalue weighted by molar-refractivity contribution is 5.33. The lowest BCUT2D eigenvalue weighted by Crippen LogP contribution is -1.97. The number of hydrogen-bond donors (Lipinski definition) is 0. The zero-order valence-electron chi connectivity index (χ0n) is 7.12. The second-order valence-corrected chi connectivity index (χ2v) is 2.54. The van der Waals surface area contributed by atoms with Crippen LogP contribution in [0.5, 0.6) is 0 Å². The van der Waals surface area contributed by atoms with Gasteiger partial charge < -0.3 is 0 Å². The quantitative estimate of drug-likeness (QED) is 0.340. The van der Waals surface area contributed by atoms with Gasteiger partial charge in [-0.1, -0.05) is 0 Å². The van der Waals surface area contributed by atoms with Crippen LogP contribution < -0.4 is 0 Å². The summed E-state index contributed by atoms with van der Waals surface area (Å²) in [6.45, 7) is 2.37. The molecule has 4 heteroatoms. The maximum atomic E-state index is 9.79. The molecule has 0 amide bonds. The van der Waals surface area contributed by atoms with Crippen LogP contribution in [0.1, 0.15) is 26.2 Å². The summed E-state index contributed by atoms with van der Waals surface area (Å²) in [5, 5.41) is 0. The molecule has 1 atom stereocenters. The van der Waals surface area contributed by atoms with E-state index in [4.69, 9.17) is 0 Å². The fourth-order valence-corrected chi connectivity index (χ4v) is 0.831. The largest absolute Gasteiger partial charge is 0.235 e. The maximum Gasteiger partial charge on any atom is 0.235 e. The molecule has 0 N–H and O–H groups in total. The molecule has 0 aromatic heterocycles. The lowest BCUT2D eigenvalue weighted by atomic mass is 10.1. The van der Waals surface area contributed by atoms with Crippen molar-refractivity contribution in [3.05, 3.63) is 0 Å². The fourth-order valence-electron chi connectivity index (χ4n) is 0.831. The van der Waals surface area contributed by atoms with E-state index in [1.807, 2.05) is 6.92 Å². The second kappa shape index (κ2) is 7.86. The van der Waals surface area contributed by atoms with Crippen molar-refractivity contribution in [3.8, 4) is 0 Å². The van der Waals surface area contributed by atoms with Gasteiger partial charge in [0.15, 0.2) is 0 Å². The van der Waals surface area contributed by atoms with Crippen LogP contribution in [0, 0.1) is 0 Å². The van der Waals surface area contributed by atoms with Crippen LogP contribution in [-0.4, -0.2) is 24.7 Å². The third-order valence-electron chi connectivity index (χ3n) is 1.48. The van der Waals surface area contributed by atoms with Crippen molar-refractivity contribution in [2.75, 3.05) is 6.54 Å². The van der Waals surface area contributed by atoms with Crippen molar-refractivity contribution in [1.82, 2.24) is 0 Å². The summed E-state index contributed by atoms with van der Waals surface area (Å²) in [6, 6.07) is 0.0303. The molecule has 12 heavy (non-hydrogen) atoms. The lowest BCUT2D eigenvalue weighted by molar-refractivity contribution is 0.548. The first kappa shape index (κ1) is 10.8. The zero-order valence-corrected chi connectivity index (χ0v) is 7.12. The fraction of sp³-hybridized carbons (Fsp3) is 0.750. The minimum Gasteiger partial charge on any atom is -0.211 e. The average molecular weight is 168 g/mol. The Morgan fingerprint density at radius 3 is 2.58 bits per heavy atom. The number of nitrogens with zero attached hydrogens (tertiary/aromatic N) is 2. The van der Waals surface area contributed by atoms with E-state index < -0.39 is 0 Å². The molecule has 1 unspecified atom stereocenters. The summed E-state index contributed by atoms with van der Waals surface area (Å²) in [5.41, 5.74) is 0. The standard InChI is InChI=1S/C8H12N2O2/c1-8(10-7-12)4-2-3-5-9-6-11/h8H,2-5H2,1H3. The summed E-state index contributed by atoms with van der Waals surface area (Å²) in [5.74, 6) is 0. The van der Waals surface area contributed by atoms with E-state index >= 15 is 0 Å². The molecule has 0 aliphatic rings. The first-order valence-electron chi connectivity index (χ1n) is 3.92. The molecule has 0 heterocycles. The first-order valence-corrected chi connectivity index (χ1v) is 3.92. The molecule has 0 aliphatic heterocycles. The Kier molecular flexibility index (Phi) is 7.05. The molecule has 0 rings (SSSR count). The highest BCUT2D eigenvalue weighted by Crippen LogP contribution is 2.02.